The topological polar surface area (TPSA) is 263 Å². The van der Waals surface area contributed by atoms with Gasteiger partial charge in [-0.25, -0.2) is 0 Å². The molecule has 1 fully saturated rings. The number of hydrazone groups is 1. The van der Waals surface area contributed by atoms with Gasteiger partial charge in [0.1, 0.15) is 23.4 Å². The Kier molecular flexibility index (Phi) is 16.0. The number of hydrogen-bond acceptors (Lipinski definition) is 17. The molecule has 6 N–H and O–H groups in total. The first kappa shape index (κ1) is 52.8. The number of carbonyl (C=O) groups is 3. The van der Waals surface area contributed by atoms with E-state index < -0.39 is 93.7 Å². The van der Waals surface area contributed by atoms with Crippen LogP contribution in [0.4, 0.5) is 11.4 Å². The van der Waals surface area contributed by atoms with Crippen LogP contribution >= 0.6 is 0 Å². The number of hydrogen-bond donors (Lipinski definition) is 6. The molecule has 0 aromatic heterocycles. The highest BCUT2D eigenvalue weighted by Crippen LogP contribution is 2.55. The number of nitro benzene ring substituents is 1. The van der Waals surface area contributed by atoms with Gasteiger partial charge in [-0.1, -0.05) is 58.1 Å². The number of methoxy groups -OCH3 is 1. The molecule has 1 amide bonds. The predicted molar refractivity (Wildman–Crippen MR) is 261 cm³/mol. The number of nitrogens with zero attached hydrogens (tertiary/aromatic N) is 4. The van der Waals surface area contributed by atoms with Crippen molar-refractivity contribution in [2.24, 2.45) is 28.8 Å². The number of carbonyl (C=O) groups excluding carboxylic acids is 3. The van der Waals surface area contributed by atoms with Crippen molar-refractivity contribution in [1.29, 1.82) is 0 Å². The third-order valence-electron chi connectivity index (χ3n) is 13.9. The number of nitro groups is 1. The highest BCUT2D eigenvalue weighted by atomic mass is 16.7. The van der Waals surface area contributed by atoms with Gasteiger partial charge in [-0.15, -0.1) is 0 Å². The Bertz CT molecular complexity index is 2620. The van der Waals surface area contributed by atoms with Crippen LogP contribution in [-0.2, 0) is 30.3 Å². The molecule has 4 aliphatic rings. The van der Waals surface area contributed by atoms with Crippen molar-refractivity contribution in [2.75, 3.05) is 25.5 Å². The average molecular weight is 972 g/mol. The fourth-order valence-electron chi connectivity index (χ4n) is 9.76. The highest BCUT2D eigenvalue weighted by molar-refractivity contribution is 6.23. The quantitative estimate of drug-likeness (QED) is 0.0364. The molecule has 4 aliphatic heterocycles. The lowest BCUT2D eigenvalue weighted by molar-refractivity contribution is -0.384. The minimum absolute atomic E-state index is 0.00438. The fraction of sp³-hybridized carbons (Fsp3) is 0.490. The van der Waals surface area contributed by atoms with E-state index in [1.807, 2.05) is 13.8 Å². The third-order valence-corrected chi connectivity index (χ3v) is 13.9. The number of benzene rings is 3. The molecule has 11 unspecified atom stereocenters. The highest BCUT2D eigenvalue weighted by Gasteiger charge is 2.50. The van der Waals surface area contributed by atoms with Crippen molar-refractivity contribution in [3.8, 4) is 23.0 Å². The lowest BCUT2D eigenvalue weighted by atomic mass is 9.78. The SMILES string of the molecule is COC1/C=C/OC2(C)Oc3c(C)c(O)c4c(O)c(c(C=NN5C(C)CN(Cc6ccc([N+](=O)[O-])cc6)CC5C)c(O)c4c3C2=O)NC(=O)/C(C)=C\C=C\C(C)C(O)C(C)C(O)C(C)C(OC(C)=O)C1C. The molecule has 70 heavy (non-hydrogen) atoms. The second-order valence-electron chi connectivity index (χ2n) is 19.1. The number of rotatable bonds is 7. The smallest absolute Gasteiger partial charge is 0.312 e. The summed E-state index contributed by atoms with van der Waals surface area (Å²) in [7, 11) is 1.43. The van der Waals surface area contributed by atoms with Crippen LogP contribution in [-0.4, -0.2) is 127 Å². The zero-order valence-corrected chi connectivity index (χ0v) is 41.4. The number of ether oxygens (including phenoxy) is 4. The van der Waals surface area contributed by atoms with Gasteiger partial charge in [-0.3, -0.25) is 34.4 Å². The molecule has 0 saturated carbocycles. The number of esters is 1. The molecule has 4 heterocycles. The number of amides is 1. The molecule has 0 aliphatic carbocycles. The molecule has 7 rings (SSSR count). The van der Waals surface area contributed by atoms with Crippen LogP contribution < -0.4 is 10.1 Å². The maximum atomic E-state index is 14.7. The van der Waals surface area contributed by atoms with Crippen molar-refractivity contribution in [3.63, 3.8) is 0 Å². The Hall–Kier alpha value is -6.54. The minimum Gasteiger partial charge on any atom is -0.507 e. The summed E-state index contributed by atoms with van der Waals surface area (Å²) < 4.78 is 23.8. The van der Waals surface area contributed by atoms with Gasteiger partial charge in [0.2, 0.25) is 0 Å². The van der Waals surface area contributed by atoms with Crippen LogP contribution in [0.3, 0.4) is 0 Å². The second-order valence-corrected chi connectivity index (χ2v) is 19.1. The molecular formula is C51H65N5O14. The van der Waals surface area contributed by atoms with E-state index in [9.17, 15) is 50.0 Å². The molecular weight excluding hydrogens is 907 g/mol. The number of piperazine rings is 1. The maximum absolute atomic E-state index is 14.7. The molecule has 3 aromatic carbocycles. The van der Waals surface area contributed by atoms with E-state index in [4.69, 9.17) is 24.0 Å². The van der Waals surface area contributed by atoms with Gasteiger partial charge < -0.3 is 49.8 Å². The number of ketones is 1. The van der Waals surface area contributed by atoms with Crippen LogP contribution in [0.1, 0.15) is 89.4 Å². The molecule has 0 spiro atoms. The van der Waals surface area contributed by atoms with Crippen molar-refractivity contribution in [2.45, 2.75) is 118 Å². The summed E-state index contributed by atoms with van der Waals surface area (Å²) in [5, 5.41) is 79.2. The zero-order valence-electron chi connectivity index (χ0n) is 41.4. The van der Waals surface area contributed by atoms with E-state index in [1.165, 1.54) is 71.6 Å². The fourth-order valence-corrected chi connectivity index (χ4v) is 9.76. The standard InChI is InChI=1S/C51H65N5O14/c1-25-13-12-14-26(2)50(64)53-41-36(21-52-55-27(3)22-54(23-28(55)4)24-34-15-17-35(18-16-34)56(65)66)45(61)38-39(46(41)62)44(60)32(8)48-40(38)49(63)51(10,70-48)68-20-19-37(67-11)29(5)47(69-33(9)57)31(7)43(59)30(6)42(25)58/h12-21,25,27-31,37,42-43,47,58-62H,22-24H2,1-11H3,(H,53,64)/b13-12+,20-19+,26-14-,52-21?. The van der Waals surface area contributed by atoms with Gasteiger partial charge in [-0.05, 0) is 39.3 Å². The van der Waals surface area contributed by atoms with E-state index in [2.05, 4.69) is 10.2 Å². The van der Waals surface area contributed by atoms with Crippen LogP contribution in [0.25, 0.3) is 10.8 Å². The maximum Gasteiger partial charge on any atom is 0.312 e. The summed E-state index contributed by atoms with van der Waals surface area (Å²) in [6.07, 6.45) is 4.63. The first-order valence-electron chi connectivity index (χ1n) is 23.3. The number of aliphatic hydroxyl groups is 2. The Labute approximate surface area is 406 Å². The number of allylic oxidation sites excluding steroid dienone is 2. The first-order chi connectivity index (χ1) is 32.9. The number of Topliss-reactive ketones (excluding diaryl/α,β-unsaturated/α-hetero) is 1. The number of nitrogens with one attached hydrogen (secondary N) is 1. The van der Waals surface area contributed by atoms with E-state index in [0.29, 0.717) is 19.6 Å². The van der Waals surface area contributed by atoms with E-state index in [0.717, 1.165) is 5.56 Å². The van der Waals surface area contributed by atoms with Crippen LogP contribution in [0.15, 0.2) is 65.5 Å². The Morgan fingerprint density at radius 2 is 1.59 bits per heavy atom. The number of fused-ring (bicyclic) bond motifs is 14. The lowest BCUT2D eigenvalue weighted by Gasteiger charge is -2.42. The average Bonchev–Trinajstić information content (AvgIpc) is 3.57. The molecule has 19 heteroatoms. The third kappa shape index (κ3) is 10.5. The summed E-state index contributed by atoms with van der Waals surface area (Å²) in [5.74, 6) is -8.81. The van der Waals surface area contributed by atoms with Crippen molar-refractivity contribution >= 4 is 46.0 Å². The van der Waals surface area contributed by atoms with Gasteiger partial charge in [-0.2, -0.15) is 5.10 Å². The molecule has 11 atom stereocenters. The number of phenolic OH excluding ortho intramolecular Hbond substituents is 3. The van der Waals surface area contributed by atoms with Gasteiger partial charge in [0, 0.05) is 92.9 Å². The van der Waals surface area contributed by atoms with Gasteiger partial charge >= 0.3 is 11.8 Å². The Balaban J connectivity index is 1.46. The van der Waals surface area contributed by atoms with Crippen molar-refractivity contribution in [3.05, 3.63) is 92.8 Å². The van der Waals surface area contributed by atoms with Crippen LogP contribution in [0.5, 0.6) is 23.0 Å². The lowest BCUT2D eigenvalue weighted by Crippen LogP contribution is -2.54. The molecule has 3 aromatic rings. The van der Waals surface area contributed by atoms with Gasteiger partial charge in [0.25, 0.3) is 17.4 Å². The monoisotopic (exact) mass is 971 g/mol. The Morgan fingerprint density at radius 3 is 2.19 bits per heavy atom. The summed E-state index contributed by atoms with van der Waals surface area (Å²) in [6, 6.07) is 5.91. The second kappa shape index (κ2) is 21.2. The number of anilines is 1. The van der Waals surface area contributed by atoms with Gasteiger partial charge in [0.15, 0.2) is 5.75 Å². The first-order valence-corrected chi connectivity index (χ1v) is 23.3. The number of aromatic hydroxyl groups is 3. The van der Waals surface area contributed by atoms with E-state index >= 15 is 0 Å². The van der Waals surface area contributed by atoms with Crippen LogP contribution in [0.2, 0.25) is 0 Å². The number of non-ortho nitro benzene ring substituents is 1. The molecule has 5 bridgehead atoms. The minimum atomic E-state index is -2.10. The summed E-state index contributed by atoms with van der Waals surface area (Å²) in [4.78, 5) is 54.0. The summed E-state index contributed by atoms with van der Waals surface area (Å²) in [6.45, 7) is 17.9. The predicted octanol–water partition coefficient (Wildman–Crippen LogP) is 6.59. The Morgan fingerprint density at radius 1 is 0.943 bits per heavy atom. The van der Waals surface area contributed by atoms with Crippen molar-refractivity contribution < 1.29 is 63.8 Å². The molecule has 378 valence electrons. The van der Waals surface area contributed by atoms with Crippen LogP contribution in [0, 0.1) is 40.7 Å². The molecule has 19 nitrogen and oxygen atoms in total. The van der Waals surface area contributed by atoms with Gasteiger partial charge in [0.05, 0.1) is 70.0 Å². The summed E-state index contributed by atoms with van der Waals surface area (Å²) >= 11 is 0. The summed E-state index contributed by atoms with van der Waals surface area (Å²) in [5.41, 5.74) is 0.292. The number of phenols is 3. The molecule has 1 saturated heterocycles. The zero-order chi connectivity index (χ0) is 51.7. The molecule has 0 radical (unpaired) electrons. The largest absolute Gasteiger partial charge is 0.507 e. The van der Waals surface area contributed by atoms with E-state index in [-0.39, 0.29) is 62.2 Å². The normalized spacial score (nSPS) is 30.9. The van der Waals surface area contributed by atoms with Crippen molar-refractivity contribution in [1.82, 2.24) is 9.91 Å². The van der Waals surface area contributed by atoms with E-state index in [1.54, 1.807) is 57.0 Å². The number of aliphatic hydroxyl groups excluding tert-OH is 2.